The van der Waals surface area contributed by atoms with Gasteiger partial charge in [-0.15, -0.1) is 0 Å². The predicted octanol–water partition coefficient (Wildman–Crippen LogP) is 5.33. The molecule has 0 bridgehead atoms. The number of carbonyl (C=O) groups is 3. The van der Waals surface area contributed by atoms with Gasteiger partial charge < -0.3 is 40.4 Å². The van der Waals surface area contributed by atoms with E-state index in [9.17, 15) is 19.5 Å². The fourth-order valence-electron chi connectivity index (χ4n) is 7.81. The van der Waals surface area contributed by atoms with E-state index in [1.54, 1.807) is 35.2 Å². The van der Waals surface area contributed by atoms with Crippen LogP contribution in [0.3, 0.4) is 0 Å². The molecule has 270 valence electrons. The van der Waals surface area contributed by atoms with Crippen molar-refractivity contribution in [3.05, 3.63) is 130 Å². The Balaban J connectivity index is 1.21. The summed E-state index contributed by atoms with van der Waals surface area (Å²) < 4.78 is 13.8. The van der Waals surface area contributed by atoms with Crippen molar-refractivity contribution in [1.29, 1.82) is 0 Å². The van der Waals surface area contributed by atoms with Crippen molar-refractivity contribution in [3.8, 4) is 28.5 Å². The standard InChI is InChI=1S/C42H41N5O6/c43-22-31-18-28-5-1-2-6-29(28)24-47(31)41(50)34-21-39-38(52-25-53-39)20-33(34)37-19-35(36-7-3-4-16-45(36)37)42(51)46(30-12-14-32(48)15-13-30)23-27-10-8-26(9-11-27)17-40(44)49/h1-2,5-6,8-15,19-21,31,48H,3-4,7,16-18,22-25,43H2,(H2,44,49). The lowest BCUT2D eigenvalue weighted by molar-refractivity contribution is -0.117. The van der Waals surface area contributed by atoms with Crippen LogP contribution in [0.4, 0.5) is 5.69 Å². The quantitative estimate of drug-likeness (QED) is 0.187. The van der Waals surface area contributed by atoms with E-state index in [0.29, 0.717) is 66.4 Å². The fraction of sp³-hybridized carbons (Fsp3) is 0.262. The number of aromatic nitrogens is 1. The highest BCUT2D eigenvalue weighted by atomic mass is 16.7. The maximum atomic E-state index is 14.9. The Morgan fingerprint density at radius 2 is 1.57 bits per heavy atom. The van der Waals surface area contributed by atoms with Gasteiger partial charge in [-0.3, -0.25) is 14.4 Å². The van der Waals surface area contributed by atoms with Crippen LogP contribution in [0.1, 0.15) is 61.5 Å². The number of hydrogen-bond donors (Lipinski definition) is 3. The zero-order valence-corrected chi connectivity index (χ0v) is 29.3. The highest BCUT2D eigenvalue weighted by molar-refractivity contribution is 6.09. The molecule has 11 nitrogen and oxygen atoms in total. The topological polar surface area (TPSA) is 153 Å². The summed E-state index contributed by atoms with van der Waals surface area (Å²) in [6.07, 6.45) is 3.33. The second kappa shape index (κ2) is 14.2. The van der Waals surface area contributed by atoms with Gasteiger partial charge in [0, 0.05) is 48.3 Å². The molecule has 1 unspecified atom stereocenters. The minimum atomic E-state index is -0.416. The summed E-state index contributed by atoms with van der Waals surface area (Å²) in [5, 5.41) is 10.1. The summed E-state index contributed by atoms with van der Waals surface area (Å²) in [5.74, 6) is 0.350. The van der Waals surface area contributed by atoms with E-state index in [1.165, 1.54) is 5.56 Å². The van der Waals surface area contributed by atoms with E-state index in [-0.39, 0.29) is 43.4 Å². The lowest BCUT2D eigenvalue weighted by Gasteiger charge is -2.37. The van der Waals surface area contributed by atoms with Crippen LogP contribution in [0.15, 0.2) is 91.0 Å². The summed E-state index contributed by atoms with van der Waals surface area (Å²) in [4.78, 5) is 44.6. The van der Waals surface area contributed by atoms with Crippen LogP contribution in [0.2, 0.25) is 0 Å². The lowest BCUT2D eigenvalue weighted by Crippen LogP contribution is -2.48. The average molecular weight is 712 g/mol. The first-order valence-electron chi connectivity index (χ1n) is 18.0. The molecule has 4 heterocycles. The van der Waals surface area contributed by atoms with Gasteiger partial charge in [0.2, 0.25) is 12.7 Å². The summed E-state index contributed by atoms with van der Waals surface area (Å²) in [6.45, 7) is 1.73. The van der Waals surface area contributed by atoms with Crippen molar-refractivity contribution in [3.63, 3.8) is 0 Å². The summed E-state index contributed by atoms with van der Waals surface area (Å²) in [6, 6.07) is 27.5. The SMILES string of the molecule is NCC1Cc2ccccc2CN1C(=O)c1cc2c(cc1-c1cc(C(=O)N(Cc3ccc(CC(N)=O)cc3)c3ccc(O)cc3)c3n1CCCC3)OCO2. The Bertz CT molecular complexity index is 2210. The average Bonchev–Trinajstić information content (AvgIpc) is 3.81. The molecule has 4 aromatic carbocycles. The van der Waals surface area contributed by atoms with Gasteiger partial charge in [-0.25, -0.2) is 0 Å². The minimum Gasteiger partial charge on any atom is -0.508 e. The molecular formula is C42H41N5O6. The molecule has 0 spiro atoms. The van der Waals surface area contributed by atoms with Gasteiger partial charge in [0.1, 0.15) is 5.75 Å². The van der Waals surface area contributed by atoms with Crippen LogP contribution < -0.4 is 25.8 Å². The third-order valence-electron chi connectivity index (χ3n) is 10.5. The van der Waals surface area contributed by atoms with Crippen LogP contribution in [0.5, 0.6) is 17.2 Å². The molecule has 0 saturated carbocycles. The van der Waals surface area contributed by atoms with Gasteiger partial charge in [0.25, 0.3) is 11.8 Å². The maximum Gasteiger partial charge on any atom is 0.260 e. The molecule has 5 N–H and O–H groups in total. The Kier molecular flexibility index (Phi) is 9.09. The van der Waals surface area contributed by atoms with Crippen LogP contribution in [0.25, 0.3) is 11.3 Å². The Hall–Kier alpha value is -6.07. The molecule has 0 radical (unpaired) electrons. The van der Waals surface area contributed by atoms with Crippen LogP contribution in [-0.4, -0.2) is 51.7 Å². The first-order valence-corrected chi connectivity index (χ1v) is 18.0. The summed E-state index contributed by atoms with van der Waals surface area (Å²) in [5.41, 5.74) is 19.6. The van der Waals surface area contributed by atoms with E-state index in [1.807, 2.05) is 53.4 Å². The Morgan fingerprint density at radius 3 is 2.30 bits per heavy atom. The molecule has 1 atom stereocenters. The molecule has 53 heavy (non-hydrogen) atoms. The highest BCUT2D eigenvalue weighted by Crippen LogP contribution is 2.42. The normalized spacial score (nSPS) is 15.8. The molecule has 5 aromatic rings. The number of aromatic hydroxyl groups is 1. The number of phenolic OH excluding ortho intramolecular Hbond substituents is 1. The van der Waals surface area contributed by atoms with E-state index >= 15 is 0 Å². The summed E-state index contributed by atoms with van der Waals surface area (Å²) in [7, 11) is 0. The van der Waals surface area contributed by atoms with Gasteiger partial charge >= 0.3 is 0 Å². The van der Waals surface area contributed by atoms with E-state index in [2.05, 4.69) is 16.7 Å². The number of amides is 3. The molecule has 3 aliphatic heterocycles. The number of phenols is 1. The molecule has 8 rings (SSSR count). The number of primary amides is 1. The van der Waals surface area contributed by atoms with E-state index in [0.717, 1.165) is 40.9 Å². The molecule has 3 amide bonds. The number of nitrogens with zero attached hydrogens (tertiary/aromatic N) is 3. The fourth-order valence-corrected chi connectivity index (χ4v) is 7.81. The molecule has 0 saturated heterocycles. The third-order valence-corrected chi connectivity index (χ3v) is 10.5. The largest absolute Gasteiger partial charge is 0.508 e. The first-order chi connectivity index (χ1) is 25.8. The second-order valence-corrected chi connectivity index (χ2v) is 13.9. The second-order valence-electron chi connectivity index (χ2n) is 13.9. The number of fused-ring (bicyclic) bond motifs is 3. The van der Waals surface area contributed by atoms with E-state index < -0.39 is 5.91 Å². The first kappa shape index (κ1) is 34.0. The number of carbonyl (C=O) groups excluding carboxylic acids is 3. The molecule has 3 aliphatic rings. The molecule has 1 aromatic heterocycles. The number of nitrogens with two attached hydrogens (primary N) is 2. The number of anilines is 1. The monoisotopic (exact) mass is 711 g/mol. The minimum absolute atomic E-state index is 0.0516. The predicted molar refractivity (Wildman–Crippen MR) is 200 cm³/mol. The zero-order chi connectivity index (χ0) is 36.6. The van der Waals surface area contributed by atoms with Crippen molar-refractivity contribution >= 4 is 23.4 Å². The van der Waals surface area contributed by atoms with Crippen molar-refractivity contribution in [2.75, 3.05) is 18.2 Å². The van der Waals surface area contributed by atoms with Gasteiger partial charge in [-0.2, -0.15) is 0 Å². The van der Waals surface area contributed by atoms with Crippen molar-refractivity contribution < 1.29 is 29.0 Å². The van der Waals surface area contributed by atoms with Gasteiger partial charge in [-0.05, 0) is 90.4 Å². The van der Waals surface area contributed by atoms with Crippen LogP contribution in [-0.2, 0) is 43.7 Å². The van der Waals surface area contributed by atoms with Crippen molar-refractivity contribution in [2.45, 2.75) is 57.8 Å². The Morgan fingerprint density at radius 1 is 0.849 bits per heavy atom. The number of hydrogen-bond acceptors (Lipinski definition) is 7. The van der Waals surface area contributed by atoms with Crippen LogP contribution in [0, 0.1) is 0 Å². The number of benzene rings is 4. The molecule has 0 aliphatic carbocycles. The van der Waals surface area contributed by atoms with Crippen molar-refractivity contribution in [2.24, 2.45) is 11.5 Å². The third kappa shape index (κ3) is 6.60. The highest BCUT2D eigenvalue weighted by Gasteiger charge is 2.34. The van der Waals surface area contributed by atoms with Gasteiger partial charge in [0.05, 0.1) is 24.1 Å². The Labute approximate surface area is 307 Å². The molecule has 11 heteroatoms. The number of ether oxygens (including phenoxy) is 2. The maximum absolute atomic E-state index is 14.9. The summed E-state index contributed by atoms with van der Waals surface area (Å²) >= 11 is 0. The van der Waals surface area contributed by atoms with Crippen LogP contribution >= 0.6 is 0 Å². The zero-order valence-electron chi connectivity index (χ0n) is 29.3. The number of rotatable bonds is 9. The van der Waals surface area contributed by atoms with E-state index in [4.69, 9.17) is 20.9 Å². The van der Waals surface area contributed by atoms with Gasteiger partial charge in [0.15, 0.2) is 11.5 Å². The smallest absolute Gasteiger partial charge is 0.260 e. The lowest BCUT2D eigenvalue weighted by atomic mass is 9.92. The molecule has 0 fully saturated rings. The molecular weight excluding hydrogens is 670 g/mol. The van der Waals surface area contributed by atoms with Crippen molar-refractivity contribution in [1.82, 2.24) is 9.47 Å². The van der Waals surface area contributed by atoms with Gasteiger partial charge in [-0.1, -0.05) is 48.5 Å².